The monoisotopic (exact) mass is 300 g/mol. The highest BCUT2D eigenvalue weighted by Gasteiger charge is 2.04. The van der Waals surface area contributed by atoms with Crippen LogP contribution in [0.3, 0.4) is 0 Å². The van der Waals surface area contributed by atoms with E-state index in [1.807, 2.05) is 11.6 Å². The summed E-state index contributed by atoms with van der Waals surface area (Å²) in [5.74, 6) is 1.66. The Kier molecular flexibility index (Phi) is 5.94. The second-order valence-corrected chi connectivity index (χ2v) is 5.03. The summed E-state index contributed by atoms with van der Waals surface area (Å²) < 4.78 is 1.89. The van der Waals surface area contributed by atoms with Crippen LogP contribution in [0.5, 0.6) is 0 Å². The Morgan fingerprint density at radius 2 is 1.95 bits per heavy atom. The summed E-state index contributed by atoms with van der Waals surface area (Å²) in [6.07, 6.45) is 2.72. The molecule has 0 aliphatic rings. The van der Waals surface area contributed by atoms with E-state index in [0.717, 1.165) is 24.7 Å². The molecule has 0 radical (unpaired) electrons. The maximum atomic E-state index is 4.66. The lowest BCUT2D eigenvalue weighted by Gasteiger charge is -2.11. The Morgan fingerprint density at radius 1 is 1.18 bits per heavy atom. The summed E-state index contributed by atoms with van der Waals surface area (Å²) in [6, 6.07) is 8.42. The van der Waals surface area contributed by atoms with Crippen molar-refractivity contribution in [3.05, 3.63) is 47.5 Å². The van der Waals surface area contributed by atoms with Gasteiger partial charge < -0.3 is 15.2 Å². The molecule has 118 valence electrons. The molecule has 2 rings (SSSR count). The van der Waals surface area contributed by atoms with Crippen molar-refractivity contribution in [2.24, 2.45) is 12.0 Å². The van der Waals surface area contributed by atoms with Crippen molar-refractivity contribution in [3.8, 4) is 0 Å². The van der Waals surface area contributed by atoms with Gasteiger partial charge >= 0.3 is 0 Å². The zero-order valence-electron chi connectivity index (χ0n) is 13.5. The predicted octanol–water partition coefficient (Wildman–Crippen LogP) is 1.63. The van der Waals surface area contributed by atoms with Crippen molar-refractivity contribution in [3.63, 3.8) is 0 Å². The summed E-state index contributed by atoms with van der Waals surface area (Å²) >= 11 is 0. The fraction of sp³-hybridized carbons (Fsp3) is 0.438. The first-order chi connectivity index (χ1) is 10.7. The van der Waals surface area contributed by atoms with E-state index in [-0.39, 0.29) is 0 Å². The van der Waals surface area contributed by atoms with Gasteiger partial charge in [-0.3, -0.25) is 0 Å². The van der Waals surface area contributed by atoms with Crippen LogP contribution >= 0.6 is 0 Å². The van der Waals surface area contributed by atoms with Crippen LogP contribution in [0.2, 0.25) is 0 Å². The Bertz CT molecular complexity index is 617. The SMILES string of the molecule is CCNC(=NCc1ccccc1CC)NCc1nncn1C. The zero-order chi connectivity index (χ0) is 15.8. The number of rotatable bonds is 6. The number of aromatic nitrogens is 3. The van der Waals surface area contributed by atoms with Crippen LogP contribution in [-0.4, -0.2) is 27.3 Å². The second-order valence-electron chi connectivity index (χ2n) is 5.03. The molecule has 0 saturated carbocycles. The molecule has 1 heterocycles. The molecule has 0 atom stereocenters. The van der Waals surface area contributed by atoms with Crippen LogP contribution < -0.4 is 10.6 Å². The highest BCUT2D eigenvalue weighted by molar-refractivity contribution is 5.79. The molecule has 2 N–H and O–H groups in total. The molecule has 0 fully saturated rings. The molecular weight excluding hydrogens is 276 g/mol. The number of benzene rings is 1. The molecule has 0 amide bonds. The average molecular weight is 300 g/mol. The highest BCUT2D eigenvalue weighted by Crippen LogP contribution is 2.10. The summed E-state index contributed by atoms with van der Waals surface area (Å²) in [5, 5.41) is 14.5. The van der Waals surface area contributed by atoms with Gasteiger partial charge in [-0.05, 0) is 24.5 Å². The number of nitrogens with zero attached hydrogens (tertiary/aromatic N) is 4. The van der Waals surface area contributed by atoms with Gasteiger partial charge in [-0.15, -0.1) is 10.2 Å². The quantitative estimate of drug-likeness (QED) is 0.628. The lowest BCUT2D eigenvalue weighted by Crippen LogP contribution is -2.37. The number of guanidine groups is 1. The van der Waals surface area contributed by atoms with Gasteiger partial charge in [0.15, 0.2) is 11.8 Å². The normalized spacial score (nSPS) is 11.5. The number of aryl methyl sites for hydroxylation is 2. The average Bonchev–Trinajstić information content (AvgIpc) is 2.95. The first-order valence-electron chi connectivity index (χ1n) is 7.66. The molecule has 2 aromatic rings. The van der Waals surface area contributed by atoms with Crippen molar-refractivity contribution < 1.29 is 0 Å². The van der Waals surface area contributed by atoms with Crippen LogP contribution in [0, 0.1) is 0 Å². The van der Waals surface area contributed by atoms with Crippen molar-refractivity contribution in [2.45, 2.75) is 33.4 Å². The van der Waals surface area contributed by atoms with Gasteiger partial charge in [-0.1, -0.05) is 31.2 Å². The maximum absolute atomic E-state index is 4.66. The van der Waals surface area contributed by atoms with Gasteiger partial charge in [0.2, 0.25) is 0 Å². The molecule has 0 spiro atoms. The molecular formula is C16H24N6. The minimum absolute atomic E-state index is 0.595. The molecule has 0 aliphatic heterocycles. The first-order valence-corrected chi connectivity index (χ1v) is 7.66. The summed E-state index contributed by atoms with van der Waals surface area (Å²) in [7, 11) is 1.93. The molecule has 1 aromatic carbocycles. The topological polar surface area (TPSA) is 67.1 Å². The van der Waals surface area contributed by atoms with E-state index in [0.29, 0.717) is 13.1 Å². The lowest BCUT2D eigenvalue weighted by molar-refractivity contribution is 0.726. The molecule has 6 heteroatoms. The Hall–Kier alpha value is -2.37. The smallest absolute Gasteiger partial charge is 0.191 e. The van der Waals surface area contributed by atoms with E-state index in [1.54, 1.807) is 6.33 Å². The van der Waals surface area contributed by atoms with Gasteiger partial charge in [0, 0.05) is 13.6 Å². The van der Waals surface area contributed by atoms with Crippen molar-refractivity contribution in [1.82, 2.24) is 25.4 Å². The minimum Gasteiger partial charge on any atom is -0.357 e. The van der Waals surface area contributed by atoms with Crippen LogP contribution in [0.1, 0.15) is 30.8 Å². The Balaban J connectivity index is 2.02. The standard InChI is InChI=1S/C16H24N6/c1-4-13-8-6-7-9-14(13)10-18-16(17-5-2)19-11-15-21-20-12-22(15)3/h6-9,12H,4-5,10-11H2,1-3H3,(H2,17,18,19). The number of nitrogens with one attached hydrogen (secondary N) is 2. The van der Waals surface area contributed by atoms with Crippen LogP contribution in [0.15, 0.2) is 35.6 Å². The fourth-order valence-corrected chi connectivity index (χ4v) is 2.19. The van der Waals surface area contributed by atoms with Crippen molar-refractivity contribution >= 4 is 5.96 Å². The first kappa shape index (κ1) is 16.0. The molecule has 0 aliphatic carbocycles. The molecule has 0 bridgehead atoms. The fourth-order valence-electron chi connectivity index (χ4n) is 2.19. The van der Waals surface area contributed by atoms with E-state index in [1.165, 1.54) is 11.1 Å². The third kappa shape index (κ3) is 4.31. The molecule has 0 unspecified atom stereocenters. The predicted molar refractivity (Wildman–Crippen MR) is 88.5 cm³/mol. The van der Waals surface area contributed by atoms with Crippen LogP contribution in [-0.2, 0) is 26.6 Å². The molecule has 6 nitrogen and oxygen atoms in total. The molecule has 1 aromatic heterocycles. The molecule has 22 heavy (non-hydrogen) atoms. The van der Waals surface area contributed by atoms with E-state index < -0.39 is 0 Å². The lowest BCUT2D eigenvalue weighted by atomic mass is 10.1. The van der Waals surface area contributed by atoms with E-state index >= 15 is 0 Å². The number of hydrogen-bond acceptors (Lipinski definition) is 3. The summed E-state index contributed by atoms with van der Waals surface area (Å²) in [4.78, 5) is 4.66. The minimum atomic E-state index is 0.595. The third-order valence-electron chi connectivity index (χ3n) is 3.47. The van der Waals surface area contributed by atoms with Gasteiger partial charge in [0.25, 0.3) is 0 Å². The van der Waals surface area contributed by atoms with Gasteiger partial charge in [0.05, 0.1) is 13.1 Å². The third-order valence-corrected chi connectivity index (χ3v) is 3.47. The largest absolute Gasteiger partial charge is 0.357 e. The van der Waals surface area contributed by atoms with Gasteiger partial charge in [0.1, 0.15) is 6.33 Å². The number of hydrogen-bond donors (Lipinski definition) is 2. The second kappa shape index (κ2) is 8.17. The van der Waals surface area contributed by atoms with Crippen molar-refractivity contribution in [2.75, 3.05) is 6.54 Å². The van der Waals surface area contributed by atoms with Crippen molar-refractivity contribution in [1.29, 1.82) is 0 Å². The van der Waals surface area contributed by atoms with Crippen LogP contribution in [0.25, 0.3) is 0 Å². The Morgan fingerprint density at radius 3 is 2.59 bits per heavy atom. The summed E-state index contributed by atoms with van der Waals surface area (Å²) in [6.45, 7) is 6.30. The van der Waals surface area contributed by atoms with E-state index in [4.69, 9.17) is 0 Å². The highest BCUT2D eigenvalue weighted by atomic mass is 15.3. The maximum Gasteiger partial charge on any atom is 0.191 e. The summed E-state index contributed by atoms with van der Waals surface area (Å²) in [5.41, 5.74) is 2.61. The Labute approximate surface area is 131 Å². The van der Waals surface area contributed by atoms with Gasteiger partial charge in [-0.2, -0.15) is 0 Å². The number of aliphatic imine (C=N–C) groups is 1. The molecule has 0 saturated heterocycles. The van der Waals surface area contributed by atoms with E-state index in [9.17, 15) is 0 Å². The van der Waals surface area contributed by atoms with Gasteiger partial charge in [-0.25, -0.2) is 4.99 Å². The van der Waals surface area contributed by atoms with Crippen LogP contribution in [0.4, 0.5) is 0 Å². The van der Waals surface area contributed by atoms with E-state index in [2.05, 4.69) is 63.9 Å². The zero-order valence-corrected chi connectivity index (χ0v) is 13.5.